The van der Waals surface area contributed by atoms with Gasteiger partial charge in [-0.1, -0.05) is 13.8 Å². The number of nitro benzene ring substituents is 1. The number of imidazole rings is 1. The molecule has 5 nitrogen and oxygen atoms in total. The highest BCUT2D eigenvalue weighted by Crippen LogP contribution is 2.30. The van der Waals surface area contributed by atoms with Crippen LogP contribution < -0.4 is 0 Å². The first kappa shape index (κ1) is 13.0. The monoisotopic (exact) mass is 311 g/mol. The van der Waals surface area contributed by atoms with E-state index in [9.17, 15) is 10.1 Å². The molecular weight excluding hydrogens is 298 g/mol. The number of aryl methyl sites for hydroxylation is 1. The summed E-state index contributed by atoms with van der Waals surface area (Å²) in [6.07, 6.45) is 0.858. The molecule has 96 valence electrons. The zero-order valence-corrected chi connectivity index (χ0v) is 12.1. The van der Waals surface area contributed by atoms with Gasteiger partial charge in [0.1, 0.15) is 5.82 Å². The standard InChI is InChI=1S/C12H14BrN3O2/c1-7(2)4-12-14-9-6-10(16(17)18)8(13)5-11(9)15(12)3/h5-7H,4H2,1-3H3. The molecule has 0 aliphatic rings. The molecule has 0 aliphatic heterocycles. The molecule has 0 atom stereocenters. The maximum absolute atomic E-state index is 10.9. The lowest BCUT2D eigenvalue weighted by molar-refractivity contribution is -0.385. The van der Waals surface area contributed by atoms with Crippen LogP contribution in [0.4, 0.5) is 5.69 Å². The number of halogens is 1. The Bertz CT molecular complexity index is 619. The average Bonchev–Trinajstić information content (AvgIpc) is 2.54. The quantitative estimate of drug-likeness (QED) is 0.644. The maximum atomic E-state index is 10.9. The van der Waals surface area contributed by atoms with Gasteiger partial charge >= 0.3 is 0 Å². The van der Waals surface area contributed by atoms with Gasteiger partial charge in [-0.25, -0.2) is 4.98 Å². The fraction of sp³-hybridized carbons (Fsp3) is 0.417. The van der Waals surface area contributed by atoms with Gasteiger partial charge in [0.05, 0.1) is 20.4 Å². The van der Waals surface area contributed by atoms with E-state index in [1.54, 1.807) is 6.07 Å². The van der Waals surface area contributed by atoms with Crippen LogP contribution in [-0.4, -0.2) is 14.5 Å². The van der Waals surface area contributed by atoms with E-state index >= 15 is 0 Å². The minimum atomic E-state index is -0.402. The number of nitro groups is 1. The lowest BCUT2D eigenvalue weighted by atomic mass is 10.1. The van der Waals surface area contributed by atoms with Gasteiger partial charge in [-0.05, 0) is 27.9 Å². The van der Waals surface area contributed by atoms with Crippen molar-refractivity contribution in [3.05, 3.63) is 32.5 Å². The molecule has 0 N–H and O–H groups in total. The first-order valence-electron chi connectivity index (χ1n) is 5.69. The Kier molecular flexibility index (Phi) is 3.38. The number of rotatable bonds is 3. The van der Waals surface area contributed by atoms with E-state index in [1.807, 2.05) is 11.6 Å². The third-order valence-corrected chi connectivity index (χ3v) is 3.46. The highest BCUT2D eigenvalue weighted by molar-refractivity contribution is 9.10. The highest BCUT2D eigenvalue weighted by Gasteiger charge is 2.17. The predicted octanol–water partition coefficient (Wildman–Crippen LogP) is 3.44. The van der Waals surface area contributed by atoms with Crippen molar-refractivity contribution < 1.29 is 4.92 Å². The molecule has 0 bridgehead atoms. The second kappa shape index (κ2) is 4.68. The van der Waals surface area contributed by atoms with Crippen LogP contribution in [0.2, 0.25) is 0 Å². The van der Waals surface area contributed by atoms with E-state index in [-0.39, 0.29) is 5.69 Å². The van der Waals surface area contributed by atoms with Gasteiger partial charge in [-0.15, -0.1) is 0 Å². The smallest absolute Gasteiger partial charge is 0.285 e. The van der Waals surface area contributed by atoms with Crippen LogP contribution in [0.15, 0.2) is 16.6 Å². The normalized spacial score (nSPS) is 11.4. The molecule has 18 heavy (non-hydrogen) atoms. The summed E-state index contributed by atoms with van der Waals surface area (Å²) in [5.41, 5.74) is 1.63. The van der Waals surface area contributed by atoms with Crippen molar-refractivity contribution in [3.8, 4) is 0 Å². The fourth-order valence-corrected chi connectivity index (χ4v) is 2.42. The Balaban J connectivity index is 2.62. The van der Waals surface area contributed by atoms with Crippen LogP contribution in [0.5, 0.6) is 0 Å². The van der Waals surface area contributed by atoms with Crippen molar-refractivity contribution in [1.82, 2.24) is 9.55 Å². The van der Waals surface area contributed by atoms with Crippen molar-refractivity contribution in [1.29, 1.82) is 0 Å². The zero-order valence-electron chi connectivity index (χ0n) is 10.5. The van der Waals surface area contributed by atoms with Crippen molar-refractivity contribution >= 4 is 32.7 Å². The van der Waals surface area contributed by atoms with E-state index < -0.39 is 4.92 Å². The summed E-state index contributed by atoms with van der Waals surface area (Å²) in [5.74, 6) is 1.45. The number of nitrogens with zero attached hydrogens (tertiary/aromatic N) is 3. The van der Waals surface area contributed by atoms with Gasteiger partial charge in [0.25, 0.3) is 5.69 Å². The van der Waals surface area contributed by atoms with Crippen molar-refractivity contribution in [2.24, 2.45) is 13.0 Å². The highest BCUT2D eigenvalue weighted by atomic mass is 79.9. The zero-order chi connectivity index (χ0) is 13.4. The molecule has 1 heterocycles. The number of benzene rings is 1. The SMILES string of the molecule is CC(C)Cc1nc2cc([N+](=O)[O-])c(Br)cc2n1C. The third kappa shape index (κ3) is 2.25. The molecule has 0 fully saturated rings. The Hall–Kier alpha value is -1.43. The Labute approximate surface area is 113 Å². The lowest BCUT2D eigenvalue weighted by Crippen LogP contribution is -2.02. The molecule has 6 heteroatoms. The Morgan fingerprint density at radius 2 is 2.17 bits per heavy atom. The maximum Gasteiger partial charge on any atom is 0.285 e. The van der Waals surface area contributed by atoms with Crippen LogP contribution in [0, 0.1) is 16.0 Å². The van der Waals surface area contributed by atoms with E-state index in [2.05, 4.69) is 34.8 Å². The van der Waals surface area contributed by atoms with Crippen LogP contribution in [0.25, 0.3) is 11.0 Å². The lowest BCUT2D eigenvalue weighted by Gasteiger charge is -2.04. The molecule has 0 radical (unpaired) electrons. The molecule has 0 saturated heterocycles. The molecule has 1 aromatic heterocycles. The van der Waals surface area contributed by atoms with Crippen LogP contribution in [0.3, 0.4) is 0 Å². The van der Waals surface area contributed by atoms with Gasteiger partial charge in [-0.2, -0.15) is 0 Å². The van der Waals surface area contributed by atoms with Crippen LogP contribution in [0.1, 0.15) is 19.7 Å². The largest absolute Gasteiger partial charge is 0.331 e. The van der Waals surface area contributed by atoms with Gasteiger partial charge in [0.15, 0.2) is 0 Å². The van der Waals surface area contributed by atoms with Gasteiger partial charge in [-0.3, -0.25) is 10.1 Å². The second-order valence-corrected chi connectivity index (χ2v) is 5.59. The van der Waals surface area contributed by atoms with E-state index in [0.29, 0.717) is 15.9 Å². The second-order valence-electron chi connectivity index (χ2n) is 4.73. The minimum absolute atomic E-state index is 0.0525. The molecule has 0 saturated carbocycles. The summed E-state index contributed by atoms with van der Waals surface area (Å²) < 4.78 is 2.48. The Morgan fingerprint density at radius 3 is 2.72 bits per heavy atom. The summed E-state index contributed by atoms with van der Waals surface area (Å²) in [7, 11) is 1.94. The van der Waals surface area contributed by atoms with Gasteiger partial charge in [0, 0.05) is 19.5 Å². The number of fused-ring (bicyclic) bond motifs is 1. The first-order chi connectivity index (χ1) is 8.40. The molecule has 1 aromatic carbocycles. The summed E-state index contributed by atoms with van der Waals surface area (Å²) in [4.78, 5) is 14.9. The fourth-order valence-electron chi connectivity index (χ4n) is 1.94. The number of aromatic nitrogens is 2. The van der Waals surface area contributed by atoms with E-state index in [1.165, 1.54) is 6.07 Å². The molecule has 0 aliphatic carbocycles. The summed E-state index contributed by atoms with van der Waals surface area (Å²) in [6, 6.07) is 3.27. The van der Waals surface area contributed by atoms with E-state index in [0.717, 1.165) is 17.8 Å². The van der Waals surface area contributed by atoms with Crippen molar-refractivity contribution in [3.63, 3.8) is 0 Å². The summed E-state index contributed by atoms with van der Waals surface area (Å²) in [6.45, 7) is 4.25. The molecule has 0 unspecified atom stereocenters. The van der Waals surface area contributed by atoms with Crippen molar-refractivity contribution in [2.75, 3.05) is 0 Å². The molecule has 0 spiro atoms. The van der Waals surface area contributed by atoms with Gasteiger partial charge in [0.2, 0.25) is 0 Å². The number of hydrogen-bond donors (Lipinski definition) is 0. The minimum Gasteiger partial charge on any atom is -0.331 e. The van der Waals surface area contributed by atoms with Crippen LogP contribution in [-0.2, 0) is 13.5 Å². The molecule has 0 amide bonds. The summed E-state index contributed by atoms with van der Waals surface area (Å²) in [5, 5.41) is 10.9. The Morgan fingerprint density at radius 1 is 1.50 bits per heavy atom. The molecular formula is C12H14BrN3O2. The van der Waals surface area contributed by atoms with Crippen molar-refractivity contribution in [2.45, 2.75) is 20.3 Å². The number of hydrogen-bond acceptors (Lipinski definition) is 3. The molecule has 2 rings (SSSR count). The topological polar surface area (TPSA) is 61.0 Å². The van der Waals surface area contributed by atoms with Gasteiger partial charge < -0.3 is 4.57 Å². The van der Waals surface area contributed by atoms with Crippen LogP contribution >= 0.6 is 15.9 Å². The van der Waals surface area contributed by atoms with E-state index in [4.69, 9.17) is 0 Å². The first-order valence-corrected chi connectivity index (χ1v) is 6.48. The average molecular weight is 312 g/mol. The third-order valence-electron chi connectivity index (χ3n) is 2.83. The predicted molar refractivity (Wildman–Crippen MR) is 73.6 cm³/mol. The summed E-state index contributed by atoms with van der Waals surface area (Å²) >= 11 is 3.23. The molecule has 2 aromatic rings.